The van der Waals surface area contributed by atoms with Gasteiger partial charge in [-0.3, -0.25) is 19.7 Å². The van der Waals surface area contributed by atoms with Crippen molar-refractivity contribution in [3.05, 3.63) is 29.3 Å². The third-order valence-electron chi connectivity index (χ3n) is 3.23. The molecule has 2 aliphatic heterocycles. The zero-order chi connectivity index (χ0) is 16.2. The van der Waals surface area contributed by atoms with E-state index in [1.54, 1.807) is 0 Å². The summed E-state index contributed by atoms with van der Waals surface area (Å²) in [5.74, 6) is -1.85. The van der Waals surface area contributed by atoms with Crippen LogP contribution in [-0.2, 0) is 16.1 Å². The molecule has 6 heteroatoms. The topological polar surface area (TPSA) is 92.5 Å². The minimum absolute atomic E-state index is 0.00403. The third-order valence-corrected chi connectivity index (χ3v) is 3.23. The summed E-state index contributed by atoms with van der Waals surface area (Å²) in [4.78, 5) is 36.5. The predicted molar refractivity (Wildman–Crippen MR) is 66.9 cm³/mol. The molecule has 0 spiro atoms. The van der Waals surface area contributed by atoms with Crippen molar-refractivity contribution in [1.82, 2.24) is 10.2 Å². The molecule has 3 N–H and O–H groups in total. The first-order valence-electron chi connectivity index (χ1n) is 7.31. The molecule has 0 bridgehead atoms. The Morgan fingerprint density at radius 3 is 2.95 bits per heavy atom. The molecule has 3 amide bonds. The quantitative estimate of drug-likeness (QED) is 0.551. The second kappa shape index (κ2) is 4.08. The number of imide groups is 1. The van der Waals surface area contributed by atoms with E-state index < -0.39 is 30.3 Å². The first kappa shape index (κ1) is 8.68. The molecule has 0 aliphatic carbocycles. The van der Waals surface area contributed by atoms with Crippen LogP contribution in [-0.4, -0.2) is 28.7 Å². The van der Waals surface area contributed by atoms with E-state index in [1.165, 1.54) is 12.1 Å². The van der Waals surface area contributed by atoms with Crippen LogP contribution in [0.4, 0.5) is 5.69 Å². The normalized spacial score (nSPS) is 27.4. The van der Waals surface area contributed by atoms with E-state index in [2.05, 4.69) is 5.32 Å². The number of carbonyl (C=O) groups is 3. The largest absolute Gasteiger partial charge is 0.398 e. The lowest BCUT2D eigenvalue weighted by Crippen LogP contribution is -2.52. The fourth-order valence-electron chi connectivity index (χ4n) is 2.26. The van der Waals surface area contributed by atoms with Gasteiger partial charge in [-0.15, -0.1) is 0 Å². The highest BCUT2D eigenvalue weighted by molar-refractivity contribution is 6.06. The van der Waals surface area contributed by atoms with Gasteiger partial charge < -0.3 is 10.6 Å². The maximum Gasteiger partial charge on any atom is 0.255 e. The van der Waals surface area contributed by atoms with Crippen LogP contribution in [0.3, 0.4) is 0 Å². The van der Waals surface area contributed by atoms with E-state index in [0.29, 0.717) is 0 Å². The molecule has 1 aromatic rings. The molecule has 1 aromatic carbocycles. The van der Waals surface area contributed by atoms with E-state index in [-0.39, 0.29) is 35.7 Å². The van der Waals surface area contributed by atoms with Crippen molar-refractivity contribution in [2.45, 2.75) is 25.4 Å². The van der Waals surface area contributed by atoms with Crippen molar-refractivity contribution >= 4 is 23.4 Å². The fraction of sp³-hybridized carbons (Fsp3) is 0.308. The smallest absolute Gasteiger partial charge is 0.255 e. The zero-order valence-electron chi connectivity index (χ0n) is 12.9. The average molecular weight is 262 g/mol. The summed E-state index contributed by atoms with van der Waals surface area (Å²) in [6.45, 7) is -2.27. The summed E-state index contributed by atoms with van der Waals surface area (Å²) in [6, 6.07) is 1.40. The zero-order valence-corrected chi connectivity index (χ0v) is 9.90. The van der Waals surface area contributed by atoms with Crippen molar-refractivity contribution in [3.8, 4) is 0 Å². The van der Waals surface area contributed by atoms with Gasteiger partial charge >= 0.3 is 0 Å². The van der Waals surface area contributed by atoms with Crippen LogP contribution in [0.15, 0.2) is 18.2 Å². The highest BCUT2D eigenvalue weighted by Gasteiger charge is 2.39. The van der Waals surface area contributed by atoms with Gasteiger partial charge in [0.15, 0.2) is 0 Å². The summed E-state index contributed by atoms with van der Waals surface area (Å²) in [5, 5.41) is 2.11. The summed E-state index contributed by atoms with van der Waals surface area (Å²) in [6.07, 6.45) is 0.0866. The van der Waals surface area contributed by atoms with Crippen molar-refractivity contribution < 1.29 is 18.5 Å². The molecule has 0 radical (unpaired) electrons. The van der Waals surface area contributed by atoms with E-state index in [4.69, 9.17) is 9.85 Å². The fourth-order valence-corrected chi connectivity index (χ4v) is 2.26. The third kappa shape index (κ3) is 1.76. The van der Waals surface area contributed by atoms with E-state index in [1.807, 2.05) is 0 Å². The van der Waals surface area contributed by atoms with E-state index in [0.717, 1.165) is 4.90 Å². The Morgan fingerprint density at radius 1 is 1.42 bits per heavy atom. The number of carbonyl (C=O) groups excluding carboxylic acids is 3. The lowest BCUT2D eigenvalue weighted by atomic mass is 10.0. The van der Waals surface area contributed by atoms with Gasteiger partial charge in [0.25, 0.3) is 5.91 Å². The van der Waals surface area contributed by atoms with Gasteiger partial charge in [-0.25, -0.2) is 0 Å². The minimum Gasteiger partial charge on any atom is -0.398 e. The lowest BCUT2D eigenvalue weighted by Gasteiger charge is -2.29. The first-order chi connectivity index (χ1) is 10.2. The molecule has 3 rings (SSSR count). The van der Waals surface area contributed by atoms with E-state index in [9.17, 15) is 14.4 Å². The molecule has 0 saturated carbocycles. The number of rotatable bonds is 1. The number of piperidine rings is 1. The number of hydrogen-bond donors (Lipinski definition) is 2. The lowest BCUT2D eigenvalue weighted by molar-refractivity contribution is -0.136. The van der Waals surface area contributed by atoms with Crippen LogP contribution in [0.1, 0.15) is 32.9 Å². The average Bonchev–Trinajstić information content (AvgIpc) is 2.58. The summed E-state index contributed by atoms with van der Waals surface area (Å²) < 4.78 is 24.0. The van der Waals surface area contributed by atoms with Crippen LogP contribution in [0.5, 0.6) is 0 Å². The number of hydrogen-bond acceptors (Lipinski definition) is 4. The second-order valence-corrected chi connectivity index (χ2v) is 4.45. The Kier molecular flexibility index (Phi) is 1.87. The van der Waals surface area contributed by atoms with Crippen molar-refractivity contribution in [3.63, 3.8) is 0 Å². The molecule has 1 saturated heterocycles. The van der Waals surface area contributed by atoms with E-state index >= 15 is 0 Å². The number of benzene rings is 1. The van der Waals surface area contributed by atoms with Crippen LogP contribution in [0.2, 0.25) is 0 Å². The Balaban J connectivity index is 2.08. The number of fused-ring (bicyclic) bond motifs is 1. The Bertz CT molecular complexity index is 720. The van der Waals surface area contributed by atoms with Gasteiger partial charge in [0.05, 0.1) is 4.11 Å². The number of nitrogens with two attached hydrogens (primary N) is 1. The maximum atomic E-state index is 12.5. The van der Waals surface area contributed by atoms with Gasteiger partial charge in [-0.1, -0.05) is 6.04 Å². The van der Waals surface area contributed by atoms with Crippen molar-refractivity contribution in [2.75, 3.05) is 5.73 Å². The SMILES string of the molecule is [2H]c1cc(N)c2c(c1)C(=O)N(C1CCC(=O)NC1=O)C2([2H])[2H]. The van der Waals surface area contributed by atoms with Gasteiger partial charge in [0.2, 0.25) is 11.8 Å². The summed E-state index contributed by atoms with van der Waals surface area (Å²) >= 11 is 0. The number of nitrogen functional groups attached to an aromatic ring is 1. The number of amides is 3. The molecule has 2 aliphatic rings. The standard InChI is InChI=1S/C13H13N3O3/c14-9-3-1-2-7-8(9)6-16(13(7)19)10-4-5-11(17)15-12(10)18/h1-3,10H,4-6,14H2,(H,15,17,18)/i1D,6D2. The molecular weight excluding hydrogens is 246 g/mol. The highest BCUT2D eigenvalue weighted by atomic mass is 16.2. The molecule has 2 heterocycles. The maximum absolute atomic E-state index is 12.5. The predicted octanol–water partition coefficient (Wildman–Crippen LogP) is 0.0298. The highest BCUT2D eigenvalue weighted by Crippen LogP contribution is 2.30. The van der Waals surface area contributed by atoms with Crippen LogP contribution in [0, 0.1) is 0 Å². The van der Waals surface area contributed by atoms with Crippen molar-refractivity contribution in [1.29, 1.82) is 0 Å². The van der Waals surface area contributed by atoms with Crippen LogP contribution < -0.4 is 11.1 Å². The monoisotopic (exact) mass is 262 g/mol. The molecule has 6 nitrogen and oxygen atoms in total. The van der Waals surface area contributed by atoms with Gasteiger partial charge in [-0.2, -0.15) is 0 Å². The minimum atomic E-state index is -2.27. The number of anilines is 1. The van der Waals surface area contributed by atoms with Crippen molar-refractivity contribution in [2.24, 2.45) is 0 Å². The molecule has 19 heavy (non-hydrogen) atoms. The van der Waals surface area contributed by atoms with Gasteiger partial charge in [0.1, 0.15) is 6.04 Å². The number of nitrogens with zero attached hydrogens (tertiary/aromatic N) is 1. The van der Waals surface area contributed by atoms with Crippen LogP contribution in [0.25, 0.3) is 0 Å². The first-order valence-corrected chi connectivity index (χ1v) is 5.81. The Hall–Kier alpha value is -2.37. The second-order valence-electron chi connectivity index (χ2n) is 4.45. The summed E-state index contributed by atoms with van der Waals surface area (Å²) in [7, 11) is 0. The number of nitrogens with one attached hydrogen (secondary N) is 1. The molecule has 1 atom stereocenters. The molecular formula is C13H13N3O3. The Labute approximate surface area is 113 Å². The van der Waals surface area contributed by atoms with Crippen LogP contribution >= 0.6 is 0 Å². The van der Waals surface area contributed by atoms with Gasteiger partial charge in [-0.05, 0) is 18.6 Å². The Morgan fingerprint density at radius 2 is 2.21 bits per heavy atom. The van der Waals surface area contributed by atoms with Gasteiger partial charge in [0, 0.05) is 29.7 Å². The molecule has 1 fully saturated rings. The molecule has 98 valence electrons. The molecule has 1 unspecified atom stereocenters. The summed E-state index contributed by atoms with van der Waals surface area (Å²) in [5.41, 5.74) is 5.72. The molecule has 0 aromatic heterocycles.